The van der Waals surface area contributed by atoms with Crippen LogP contribution in [0.15, 0.2) is 47.6 Å². The molecule has 0 aliphatic carbocycles. The molecule has 1 aromatic rings. The average molecular weight is 364 g/mol. The zero-order valence-electron chi connectivity index (χ0n) is 14.0. The quantitative estimate of drug-likeness (QED) is 0.640. The molecule has 2 aliphatic heterocycles. The number of anilines is 1. The number of esters is 2. The van der Waals surface area contributed by atoms with E-state index in [2.05, 4.69) is 5.32 Å². The third-order valence-electron chi connectivity index (χ3n) is 4.45. The highest BCUT2D eigenvalue weighted by Crippen LogP contribution is 2.46. The first-order valence-corrected chi connectivity index (χ1v) is 8.11. The van der Waals surface area contributed by atoms with E-state index in [4.69, 9.17) is 25.8 Å². The van der Waals surface area contributed by atoms with E-state index in [-0.39, 0.29) is 17.2 Å². The number of ether oxygens (including phenoxy) is 3. The van der Waals surface area contributed by atoms with Crippen molar-refractivity contribution in [3.8, 4) is 0 Å². The van der Waals surface area contributed by atoms with E-state index >= 15 is 0 Å². The van der Waals surface area contributed by atoms with Gasteiger partial charge < -0.3 is 19.5 Å². The molecule has 1 aromatic carbocycles. The largest absolute Gasteiger partial charge is 0.466 e. The molecule has 3 atom stereocenters. The molecule has 7 heteroatoms. The second-order valence-electron chi connectivity index (χ2n) is 5.84. The normalized spacial score (nSPS) is 25.0. The highest BCUT2D eigenvalue weighted by Gasteiger charge is 2.57. The Bertz CT molecular complexity index is 770. The van der Waals surface area contributed by atoms with Gasteiger partial charge in [-0.05, 0) is 37.3 Å². The van der Waals surface area contributed by atoms with E-state index in [0.717, 1.165) is 5.69 Å². The molecule has 132 valence electrons. The number of methoxy groups -OCH3 is 2. The minimum absolute atomic E-state index is 0.170. The molecule has 25 heavy (non-hydrogen) atoms. The lowest BCUT2D eigenvalue weighted by Crippen LogP contribution is -2.46. The molecule has 2 bridgehead atoms. The lowest BCUT2D eigenvalue weighted by atomic mass is 9.82. The minimum Gasteiger partial charge on any atom is -0.466 e. The monoisotopic (exact) mass is 363 g/mol. The van der Waals surface area contributed by atoms with E-state index in [0.29, 0.717) is 5.02 Å². The predicted molar refractivity (Wildman–Crippen MR) is 92.3 cm³/mol. The zero-order valence-corrected chi connectivity index (χ0v) is 14.8. The second kappa shape index (κ2) is 6.54. The van der Waals surface area contributed by atoms with Crippen LogP contribution in [-0.4, -0.2) is 43.9 Å². The van der Waals surface area contributed by atoms with Gasteiger partial charge in [0, 0.05) is 10.7 Å². The van der Waals surface area contributed by atoms with Gasteiger partial charge in [0.1, 0.15) is 11.7 Å². The molecule has 0 saturated heterocycles. The number of hydrogen-bond acceptors (Lipinski definition) is 6. The number of nitrogens with one attached hydrogen (secondary N) is 1. The molecule has 2 unspecified atom stereocenters. The Hall–Kier alpha value is -2.31. The minimum atomic E-state index is -1.11. The summed E-state index contributed by atoms with van der Waals surface area (Å²) in [5.41, 5.74) is 0.0494. The third-order valence-corrected chi connectivity index (χ3v) is 4.70. The fraction of sp³-hybridized carbons (Fsp3) is 0.333. The fourth-order valence-corrected chi connectivity index (χ4v) is 3.36. The third kappa shape index (κ3) is 2.81. The lowest BCUT2D eigenvalue weighted by molar-refractivity contribution is -0.139. The summed E-state index contributed by atoms with van der Waals surface area (Å²) in [6.07, 6.45) is 2.90. The van der Waals surface area contributed by atoms with Crippen molar-refractivity contribution in [2.24, 2.45) is 0 Å². The van der Waals surface area contributed by atoms with Gasteiger partial charge in [-0.3, -0.25) is 0 Å². The molecule has 0 spiro atoms. The van der Waals surface area contributed by atoms with Crippen molar-refractivity contribution in [3.05, 3.63) is 52.6 Å². The van der Waals surface area contributed by atoms with E-state index in [1.165, 1.54) is 14.2 Å². The van der Waals surface area contributed by atoms with Gasteiger partial charge in [-0.1, -0.05) is 17.7 Å². The number of carbonyl (C=O) groups excluding carboxylic acids is 2. The van der Waals surface area contributed by atoms with Gasteiger partial charge in [-0.15, -0.1) is 0 Å². The summed E-state index contributed by atoms with van der Waals surface area (Å²) >= 11 is 5.91. The van der Waals surface area contributed by atoms with Gasteiger partial charge in [-0.2, -0.15) is 0 Å². The van der Waals surface area contributed by atoms with Crippen LogP contribution >= 0.6 is 11.6 Å². The Morgan fingerprint density at radius 2 is 1.84 bits per heavy atom. The Morgan fingerprint density at radius 1 is 1.20 bits per heavy atom. The first kappa shape index (κ1) is 17.5. The maximum absolute atomic E-state index is 12.4. The van der Waals surface area contributed by atoms with Crippen molar-refractivity contribution in [3.63, 3.8) is 0 Å². The van der Waals surface area contributed by atoms with Crippen molar-refractivity contribution in [1.29, 1.82) is 0 Å². The standard InChI is InChI=1S/C18H18ClNO5/c1-10(20-12-6-4-11(19)5-7-12)18-9-8-13(25-18)14(16(21)23-2)15(18)17(22)24-3/h4-10,13,20H,1-3H3/t10-,13?,18?/m0/s1. The molecule has 2 aliphatic rings. The SMILES string of the molecule is COC(=O)C1=C(C(=O)OC)C2([C@H](C)Nc3ccc(Cl)cc3)C=CC1O2. The van der Waals surface area contributed by atoms with Gasteiger partial charge in [0.05, 0.1) is 31.4 Å². The summed E-state index contributed by atoms with van der Waals surface area (Å²) in [5, 5.41) is 3.91. The summed E-state index contributed by atoms with van der Waals surface area (Å²) in [5.74, 6) is -1.22. The first-order chi connectivity index (χ1) is 11.9. The van der Waals surface area contributed by atoms with Crippen LogP contribution in [0.3, 0.4) is 0 Å². The summed E-state index contributed by atoms with van der Waals surface area (Å²) < 4.78 is 15.7. The molecule has 3 rings (SSSR count). The predicted octanol–water partition coefficient (Wildman–Crippen LogP) is 2.49. The highest BCUT2D eigenvalue weighted by molar-refractivity contribution is 6.30. The molecular formula is C18H18ClNO5. The number of hydrogen-bond donors (Lipinski definition) is 1. The smallest absolute Gasteiger partial charge is 0.337 e. The van der Waals surface area contributed by atoms with Crippen LogP contribution in [0.4, 0.5) is 5.69 Å². The van der Waals surface area contributed by atoms with Crippen molar-refractivity contribution in [2.45, 2.75) is 24.7 Å². The number of halogens is 1. The maximum atomic E-state index is 12.4. The molecule has 0 fully saturated rings. The van der Waals surface area contributed by atoms with Crippen molar-refractivity contribution < 1.29 is 23.8 Å². The molecule has 0 saturated carbocycles. The Morgan fingerprint density at radius 3 is 2.44 bits per heavy atom. The molecule has 2 heterocycles. The van der Waals surface area contributed by atoms with Gasteiger partial charge in [0.25, 0.3) is 0 Å². The molecule has 0 amide bonds. The number of carbonyl (C=O) groups is 2. The van der Waals surface area contributed by atoms with E-state index in [9.17, 15) is 9.59 Å². The van der Waals surface area contributed by atoms with E-state index in [1.807, 2.05) is 19.1 Å². The zero-order chi connectivity index (χ0) is 18.2. The number of benzene rings is 1. The number of rotatable bonds is 5. The lowest BCUT2D eigenvalue weighted by Gasteiger charge is -2.33. The van der Waals surface area contributed by atoms with Crippen molar-refractivity contribution >= 4 is 29.2 Å². The van der Waals surface area contributed by atoms with Gasteiger partial charge in [0.15, 0.2) is 0 Å². The molecular weight excluding hydrogens is 346 g/mol. The molecule has 0 radical (unpaired) electrons. The average Bonchev–Trinajstić information content (AvgIpc) is 3.20. The topological polar surface area (TPSA) is 73.9 Å². The Kier molecular flexibility index (Phi) is 4.58. The van der Waals surface area contributed by atoms with Crippen LogP contribution in [0.5, 0.6) is 0 Å². The van der Waals surface area contributed by atoms with Crippen molar-refractivity contribution in [2.75, 3.05) is 19.5 Å². The van der Waals surface area contributed by atoms with Gasteiger partial charge in [-0.25, -0.2) is 9.59 Å². The summed E-state index contributed by atoms with van der Waals surface area (Å²) in [7, 11) is 2.53. The van der Waals surface area contributed by atoms with Crippen LogP contribution in [0, 0.1) is 0 Å². The summed E-state index contributed by atoms with van der Waals surface area (Å²) in [6, 6.07) is 6.81. The van der Waals surface area contributed by atoms with Crippen molar-refractivity contribution in [1.82, 2.24) is 0 Å². The van der Waals surface area contributed by atoms with Gasteiger partial charge >= 0.3 is 11.9 Å². The maximum Gasteiger partial charge on any atom is 0.337 e. The number of fused-ring (bicyclic) bond motifs is 2. The Balaban J connectivity index is 1.98. The van der Waals surface area contributed by atoms with E-state index in [1.54, 1.807) is 24.3 Å². The van der Waals surface area contributed by atoms with Crippen LogP contribution < -0.4 is 5.32 Å². The molecule has 1 N–H and O–H groups in total. The summed E-state index contributed by atoms with van der Waals surface area (Å²) in [4.78, 5) is 24.6. The van der Waals surface area contributed by atoms with Crippen LogP contribution in [0.1, 0.15) is 6.92 Å². The fourth-order valence-electron chi connectivity index (χ4n) is 3.24. The van der Waals surface area contributed by atoms with Gasteiger partial charge in [0.2, 0.25) is 0 Å². The van der Waals surface area contributed by atoms with Crippen LogP contribution in [-0.2, 0) is 23.8 Å². The van der Waals surface area contributed by atoms with Crippen LogP contribution in [0.2, 0.25) is 5.02 Å². The summed E-state index contributed by atoms with van der Waals surface area (Å²) in [6.45, 7) is 1.87. The Labute approximate surface area is 150 Å². The molecule has 0 aromatic heterocycles. The second-order valence-corrected chi connectivity index (χ2v) is 6.27. The van der Waals surface area contributed by atoms with Crippen LogP contribution in [0.25, 0.3) is 0 Å². The first-order valence-electron chi connectivity index (χ1n) is 7.73. The molecule has 6 nitrogen and oxygen atoms in total. The highest BCUT2D eigenvalue weighted by atomic mass is 35.5. The van der Waals surface area contributed by atoms with E-state index < -0.39 is 23.6 Å².